The minimum absolute atomic E-state index is 0.130. The van der Waals surface area contributed by atoms with Gasteiger partial charge >= 0.3 is 0 Å². The van der Waals surface area contributed by atoms with Crippen LogP contribution in [0.2, 0.25) is 0 Å². The average molecular weight is 286 g/mol. The van der Waals surface area contributed by atoms with Gasteiger partial charge in [0.05, 0.1) is 11.4 Å². The molecule has 1 aliphatic heterocycles. The lowest BCUT2D eigenvalue weighted by Gasteiger charge is -2.32. The van der Waals surface area contributed by atoms with Crippen LogP contribution >= 0.6 is 0 Å². The second-order valence-corrected chi connectivity index (χ2v) is 7.19. The zero-order valence-corrected chi connectivity index (χ0v) is 12.5. The third kappa shape index (κ3) is 3.34. The molecule has 19 heavy (non-hydrogen) atoms. The fourth-order valence-electron chi connectivity index (χ4n) is 2.31. The smallest absolute Gasteiger partial charge is 0.211 e. The van der Waals surface area contributed by atoms with Gasteiger partial charge in [-0.25, -0.2) is 13.1 Å². The van der Waals surface area contributed by atoms with E-state index in [0.717, 1.165) is 30.9 Å². The number of fused-ring (bicyclic) bond motifs is 1. The van der Waals surface area contributed by atoms with E-state index in [1.807, 2.05) is 6.92 Å². The predicted molar refractivity (Wildman–Crippen MR) is 74.4 cm³/mol. The number of hydrogen-bond acceptors (Lipinski definition) is 4. The first-order chi connectivity index (χ1) is 8.93. The van der Waals surface area contributed by atoms with E-state index >= 15 is 0 Å². The molecule has 1 aliphatic rings. The van der Waals surface area contributed by atoms with E-state index in [0.29, 0.717) is 6.54 Å². The van der Waals surface area contributed by atoms with Crippen LogP contribution in [0, 0.1) is 6.92 Å². The van der Waals surface area contributed by atoms with E-state index in [4.69, 9.17) is 0 Å². The molecule has 1 aromatic heterocycles. The molecule has 0 saturated carbocycles. The van der Waals surface area contributed by atoms with E-state index in [-0.39, 0.29) is 11.8 Å². The van der Waals surface area contributed by atoms with Crippen molar-refractivity contribution in [3.05, 3.63) is 17.0 Å². The van der Waals surface area contributed by atoms with Crippen LogP contribution in [-0.2, 0) is 23.0 Å². The summed E-state index contributed by atoms with van der Waals surface area (Å²) in [5.41, 5.74) is 3.52. The van der Waals surface area contributed by atoms with E-state index < -0.39 is 10.0 Å². The highest BCUT2D eigenvalue weighted by atomic mass is 32.2. The highest BCUT2D eigenvalue weighted by Gasteiger charge is 2.24. The van der Waals surface area contributed by atoms with Crippen molar-refractivity contribution >= 4 is 10.0 Å². The third-order valence-electron chi connectivity index (χ3n) is 3.76. The van der Waals surface area contributed by atoms with Crippen molar-refractivity contribution in [3.8, 4) is 0 Å². The van der Waals surface area contributed by atoms with Gasteiger partial charge in [-0.1, -0.05) is 0 Å². The maximum absolute atomic E-state index is 11.5. The molecular formula is C12H22N4O2S. The van der Waals surface area contributed by atoms with Gasteiger partial charge in [-0.3, -0.25) is 10.00 Å². The van der Waals surface area contributed by atoms with Crippen molar-refractivity contribution in [3.63, 3.8) is 0 Å². The van der Waals surface area contributed by atoms with E-state index in [9.17, 15) is 8.42 Å². The highest BCUT2D eigenvalue weighted by molar-refractivity contribution is 7.89. The Morgan fingerprint density at radius 1 is 1.53 bits per heavy atom. The summed E-state index contributed by atoms with van der Waals surface area (Å²) in [6.45, 7) is 7.95. The molecule has 0 bridgehead atoms. The molecule has 0 radical (unpaired) electrons. The zero-order chi connectivity index (χ0) is 14.0. The molecule has 2 N–H and O–H groups in total. The minimum Gasteiger partial charge on any atom is -0.295 e. The first kappa shape index (κ1) is 14.5. The number of H-pyrrole nitrogens is 1. The Morgan fingerprint density at radius 3 is 2.95 bits per heavy atom. The van der Waals surface area contributed by atoms with Crippen LogP contribution in [0.5, 0.6) is 0 Å². The van der Waals surface area contributed by atoms with Gasteiger partial charge < -0.3 is 0 Å². The Hall–Kier alpha value is -0.920. The van der Waals surface area contributed by atoms with Gasteiger partial charge in [-0.15, -0.1) is 0 Å². The second kappa shape index (κ2) is 5.60. The molecule has 0 unspecified atom stereocenters. The first-order valence-electron chi connectivity index (χ1n) is 6.67. The van der Waals surface area contributed by atoms with Crippen LogP contribution in [0.15, 0.2) is 0 Å². The number of nitrogens with zero attached hydrogens (tertiary/aromatic N) is 2. The van der Waals surface area contributed by atoms with Crippen LogP contribution in [0.3, 0.4) is 0 Å². The monoisotopic (exact) mass is 286 g/mol. The average Bonchev–Trinajstić information content (AvgIpc) is 2.77. The summed E-state index contributed by atoms with van der Waals surface area (Å²) in [5.74, 6) is 0.130. The Balaban J connectivity index is 1.95. The van der Waals surface area contributed by atoms with Gasteiger partial charge in [0, 0.05) is 43.4 Å². The first-order valence-corrected chi connectivity index (χ1v) is 8.32. The van der Waals surface area contributed by atoms with Crippen molar-refractivity contribution in [2.24, 2.45) is 0 Å². The lowest BCUT2D eigenvalue weighted by molar-refractivity contribution is 0.191. The summed E-state index contributed by atoms with van der Waals surface area (Å²) >= 11 is 0. The van der Waals surface area contributed by atoms with Gasteiger partial charge in [-0.2, -0.15) is 5.10 Å². The van der Waals surface area contributed by atoms with Crippen molar-refractivity contribution < 1.29 is 8.42 Å². The number of rotatable bonds is 5. The van der Waals surface area contributed by atoms with Crippen LogP contribution in [0.25, 0.3) is 0 Å². The van der Waals surface area contributed by atoms with E-state index in [2.05, 4.69) is 26.7 Å². The molecule has 2 rings (SSSR count). The Bertz CT molecular complexity index is 538. The molecule has 0 aliphatic carbocycles. The predicted octanol–water partition coefficient (Wildman–Crippen LogP) is 0.404. The molecule has 1 atom stereocenters. The van der Waals surface area contributed by atoms with Gasteiger partial charge in [0.2, 0.25) is 10.0 Å². The maximum Gasteiger partial charge on any atom is 0.211 e. The zero-order valence-electron chi connectivity index (χ0n) is 11.7. The summed E-state index contributed by atoms with van der Waals surface area (Å²) in [7, 11) is -3.11. The summed E-state index contributed by atoms with van der Waals surface area (Å²) in [6.07, 6.45) is 0.921. The fourth-order valence-corrected chi connectivity index (χ4v) is 3.01. The lowest BCUT2D eigenvalue weighted by atomic mass is 10.0. The number of sulfonamides is 1. The molecule has 108 valence electrons. The Morgan fingerprint density at radius 2 is 2.26 bits per heavy atom. The number of aryl methyl sites for hydroxylation is 1. The summed E-state index contributed by atoms with van der Waals surface area (Å²) in [4.78, 5) is 2.29. The molecule has 1 aromatic rings. The second-order valence-electron chi connectivity index (χ2n) is 5.10. The van der Waals surface area contributed by atoms with Gasteiger partial charge in [0.25, 0.3) is 0 Å². The molecule has 0 saturated heterocycles. The molecular weight excluding hydrogens is 264 g/mol. The van der Waals surface area contributed by atoms with Gasteiger partial charge in [0.1, 0.15) is 0 Å². The van der Waals surface area contributed by atoms with Crippen LogP contribution < -0.4 is 4.72 Å². The van der Waals surface area contributed by atoms with E-state index in [1.165, 1.54) is 5.56 Å². The summed E-state index contributed by atoms with van der Waals surface area (Å²) < 4.78 is 25.6. The van der Waals surface area contributed by atoms with E-state index in [1.54, 1.807) is 6.92 Å². The largest absolute Gasteiger partial charge is 0.295 e. The summed E-state index contributed by atoms with van der Waals surface area (Å²) in [6, 6.07) is 0.184. The standard InChI is InChI=1S/C12H22N4O2S/c1-4-19(17,18)13-7-9(2)16-6-5-12-11(8-16)10(3)14-15-12/h9,13H,4-8H2,1-3H3,(H,14,15)/t9-/m0/s1. The number of nitrogens with one attached hydrogen (secondary N) is 2. The fraction of sp³-hybridized carbons (Fsp3) is 0.750. The maximum atomic E-state index is 11.5. The van der Waals surface area contributed by atoms with Crippen molar-refractivity contribution in [2.75, 3.05) is 18.8 Å². The Kier molecular flexibility index (Phi) is 4.27. The normalized spacial score (nSPS) is 18.3. The molecule has 0 aromatic carbocycles. The molecule has 2 heterocycles. The SMILES string of the molecule is CCS(=O)(=O)NC[C@H](C)N1CCc2n[nH]c(C)c2C1. The van der Waals surface area contributed by atoms with Gasteiger partial charge in [0.15, 0.2) is 0 Å². The van der Waals surface area contributed by atoms with Crippen molar-refractivity contribution in [2.45, 2.75) is 39.8 Å². The molecule has 0 fully saturated rings. The lowest BCUT2D eigenvalue weighted by Crippen LogP contribution is -2.44. The molecule has 6 nitrogen and oxygen atoms in total. The van der Waals surface area contributed by atoms with Crippen LogP contribution in [-0.4, -0.2) is 48.4 Å². The quantitative estimate of drug-likeness (QED) is 0.821. The Labute approximate surface area is 114 Å². The third-order valence-corrected chi connectivity index (χ3v) is 5.13. The van der Waals surface area contributed by atoms with Crippen LogP contribution in [0.4, 0.5) is 0 Å². The molecule has 7 heteroatoms. The molecule has 0 amide bonds. The number of aromatic amines is 1. The van der Waals surface area contributed by atoms with Crippen LogP contribution in [0.1, 0.15) is 30.8 Å². The molecule has 0 spiro atoms. The van der Waals surface area contributed by atoms with Crippen molar-refractivity contribution in [1.29, 1.82) is 0 Å². The highest BCUT2D eigenvalue weighted by Crippen LogP contribution is 2.21. The van der Waals surface area contributed by atoms with Crippen molar-refractivity contribution in [1.82, 2.24) is 19.8 Å². The number of hydrogen-bond donors (Lipinski definition) is 2. The topological polar surface area (TPSA) is 78.1 Å². The minimum atomic E-state index is -3.11. The summed E-state index contributed by atoms with van der Waals surface area (Å²) in [5, 5.41) is 7.30. The number of aromatic nitrogens is 2. The van der Waals surface area contributed by atoms with Gasteiger partial charge in [-0.05, 0) is 20.8 Å².